The number of β-amino-alcohol motifs (C(OH)–C–C–N with tert-alkyl or cyclic N) is 1. The van der Waals surface area contributed by atoms with E-state index in [0.717, 1.165) is 6.07 Å². The Morgan fingerprint density at radius 3 is 2.45 bits per heavy atom. The summed E-state index contributed by atoms with van der Waals surface area (Å²) in [6, 6.07) is 3.93. The summed E-state index contributed by atoms with van der Waals surface area (Å²) >= 11 is 3.11. The SMILES string of the molecule is O=S(=O)(c1ccc(Br)cc1F)N1CCN(CCO)CC1. The fourth-order valence-electron chi connectivity index (χ4n) is 2.16. The first kappa shape index (κ1) is 15.8. The number of sulfonamides is 1. The molecular formula is C12H16BrFN2O3S. The average Bonchev–Trinajstić information content (AvgIpc) is 2.39. The van der Waals surface area contributed by atoms with E-state index in [2.05, 4.69) is 15.9 Å². The molecule has 0 radical (unpaired) electrons. The first-order valence-electron chi connectivity index (χ1n) is 6.23. The minimum absolute atomic E-state index is 0.0497. The zero-order chi connectivity index (χ0) is 14.8. The van der Waals surface area contributed by atoms with Crippen molar-refractivity contribution in [1.29, 1.82) is 0 Å². The average molecular weight is 367 g/mol. The first-order chi connectivity index (χ1) is 9.45. The number of piperazine rings is 1. The molecule has 1 saturated heterocycles. The molecule has 0 aromatic heterocycles. The lowest BCUT2D eigenvalue weighted by Gasteiger charge is -2.33. The summed E-state index contributed by atoms with van der Waals surface area (Å²) in [7, 11) is -3.80. The van der Waals surface area contributed by atoms with Gasteiger partial charge in [-0.3, -0.25) is 4.90 Å². The third-order valence-corrected chi connectivity index (χ3v) is 5.68. The van der Waals surface area contributed by atoms with Crippen molar-refractivity contribution in [2.24, 2.45) is 0 Å². The number of aliphatic hydroxyl groups excluding tert-OH is 1. The van der Waals surface area contributed by atoms with Crippen LogP contribution in [-0.4, -0.2) is 62.1 Å². The number of benzene rings is 1. The molecule has 1 aromatic rings. The van der Waals surface area contributed by atoms with Crippen LogP contribution in [0.1, 0.15) is 0 Å². The second kappa shape index (κ2) is 6.48. The van der Waals surface area contributed by atoms with Gasteiger partial charge in [0.1, 0.15) is 10.7 Å². The second-order valence-corrected chi connectivity index (χ2v) is 7.37. The number of aliphatic hydroxyl groups is 1. The molecule has 1 aliphatic rings. The molecule has 112 valence electrons. The van der Waals surface area contributed by atoms with Gasteiger partial charge >= 0.3 is 0 Å². The van der Waals surface area contributed by atoms with Gasteiger partial charge in [0.15, 0.2) is 0 Å². The van der Waals surface area contributed by atoms with Crippen LogP contribution in [0.3, 0.4) is 0 Å². The molecular weight excluding hydrogens is 351 g/mol. The second-order valence-electron chi connectivity index (χ2n) is 4.54. The number of nitrogens with zero attached hydrogens (tertiary/aromatic N) is 2. The molecule has 1 aliphatic heterocycles. The van der Waals surface area contributed by atoms with Crippen LogP contribution >= 0.6 is 15.9 Å². The van der Waals surface area contributed by atoms with E-state index in [4.69, 9.17) is 5.11 Å². The van der Waals surface area contributed by atoms with Crippen LogP contribution in [0.15, 0.2) is 27.6 Å². The predicted octanol–water partition coefficient (Wildman–Crippen LogP) is 0.887. The van der Waals surface area contributed by atoms with Crippen LogP contribution in [0, 0.1) is 5.82 Å². The van der Waals surface area contributed by atoms with Gasteiger partial charge in [-0.1, -0.05) is 15.9 Å². The molecule has 0 amide bonds. The molecule has 0 spiro atoms. The highest BCUT2D eigenvalue weighted by Gasteiger charge is 2.30. The van der Waals surface area contributed by atoms with E-state index in [1.165, 1.54) is 16.4 Å². The smallest absolute Gasteiger partial charge is 0.246 e. The van der Waals surface area contributed by atoms with Crippen molar-refractivity contribution in [2.75, 3.05) is 39.3 Å². The summed E-state index contributed by atoms with van der Waals surface area (Å²) < 4.78 is 40.4. The maximum Gasteiger partial charge on any atom is 0.246 e. The Kier molecular flexibility index (Phi) is 5.14. The van der Waals surface area contributed by atoms with Gasteiger partial charge in [-0.05, 0) is 18.2 Å². The summed E-state index contributed by atoms with van der Waals surface area (Å²) in [6.07, 6.45) is 0. The molecule has 20 heavy (non-hydrogen) atoms. The molecule has 1 heterocycles. The molecule has 0 saturated carbocycles. The van der Waals surface area contributed by atoms with Crippen molar-refractivity contribution in [1.82, 2.24) is 9.21 Å². The monoisotopic (exact) mass is 366 g/mol. The van der Waals surface area contributed by atoms with Gasteiger partial charge in [0.05, 0.1) is 6.61 Å². The van der Waals surface area contributed by atoms with E-state index >= 15 is 0 Å². The number of halogens is 2. The van der Waals surface area contributed by atoms with E-state index in [1.54, 1.807) is 0 Å². The molecule has 8 heteroatoms. The number of rotatable bonds is 4. The van der Waals surface area contributed by atoms with Gasteiger partial charge in [-0.2, -0.15) is 4.31 Å². The molecule has 1 aromatic carbocycles. The van der Waals surface area contributed by atoms with Crippen LogP contribution in [0.5, 0.6) is 0 Å². The van der Waals surface area contributed by atoms with E-state index in [-0.39, 0.29) is 11.5 Å². The van der Waals surface area contributed by atoms with E-state index in [9.17, 15) is 12.8 Å². The van der Waals surface area contributed by atoms with E-state index < -0.39 is 15.8 Å². The Morgan fingerprint density at radius 1 is 1.25 bits per heavy atom. The largest absolute Gasteiger partial charge is 0.395 e. The van der Waals surface area contributed by atoms with Crippen molar-refractivity contribution in [2.45, 2.75) is 4.90 Å². The van der Waals surface area contributed by atoms with Crippen molar-refractivity contribution in [3.63, 3.8) is 0 Å². The van der Waals surface area contributed by atoms with Crippen LogP contribution in [-0.2, 0) is 10.0 Å². The topological polar surface area (TPSA) is 60.9 Å². The summed E-state index contributed by atoms with van der Waals surface area (Å²) in [6.45, 7) is 2.26. The van der Waals surface area contributed by atoms with E-state index in [1.807, 2.05) is 4.90 Å². The zero-order valence-corrected chi connectivity index (χ0v) is 13.2. The van der Waals surface area contributed by atoms with E-state index in [0.29, 0.717) is 37.2 Å². The van der Waals surface area contributed by atoms with Crippen molar-refractivity contribution >= 4 is 26.0 Å². The Morgan fingerprint density at radius 2 is 1.90 bits per heavy atom. The standard InChI is InChI=1S/C12H16BrFN2O3S/c13-10-1-2-12(11(14)9-10)20(18,19)16-5-3-15(4-6-16)7-8-17/h1-2,9,17H,3-8H2. The van der Waals surface area contributed by atoms with Crippen LogP contribution in [0.25, 0.3) is 0 Å². The highest BCUT2D eigenvalue weighted by Crippen LogP contribution is 2.23. The summed E-state index contributed by atoms with van der Waals surface area (Å²) in [5, 5.41) is 8.86. The molecule has 2 rings (SSSR count). The maximum atomic E-state index is 13.8. The number of hydrogen-bond acceptors (Lipinski definition) is 4. The normalized spacial score (nSPS) is 18.4. The molecule has 0 aliphatic carbocycles. The number of hydrogen-bond donors (Lipinski definition) is 1. The summed E-state index contributed by atoms with van der Waals surface area (Å²) in [5.74, 6) is -0.753. The lowest BCUT2D eigenvalue weighted by molar-refractivity contribution is 0.151. The molecule has 0 unspecified atom stereocenters. The Balaban J connectivity index is 2.15. The maximum absolute atomic E-state index is 13.8. The summed E-state index contributed by atoms with van der Waals surface area (Å²) in [5.41, 5.74) is 0. The fourth-order valence-corrected chi connectivity index (χ4v) is 3.96. The predicted molar refractivity (Wildman–Crippen MR) is 76.4 cm³/mol. The molecule has 1 N–H and O–H groups in total. The minimum atomic E-state index is -3.80. The van der Waals surface area contributed by atoms with Crippen LogP contribution in [0.4, 0.5) is 4.39 Å². The fraction of sp³-hybridized carbons (Fsp3) is 0.500. The Bertz CT molecular complexity index is 574. The quantitative estimate of drug-likeness (QED) is 0.859. The van der Waals surface area contributed by atoms with Gasteiger partial charge in [-0.25, -0.2) is 12.8 Å². The van der Waals surface area contributed by atoms with Crippen molar-refractivity contribution in [3.05, 3.63) is 28.5 Å². The Labute approximate surface area is 126 Å². The minimum Gasteiger partial charge on any atom is -0.395 e. The van der Waals surface area contributed by atoms with Crippen LogP contribution < -0.4 is 0 Å². The van der Waals surface area contributed by atoms with Crippen molar-refractivity contribution < 1.29 is 17.9 Å². The lowest BCUT2D eigenvalue weighted by Crippen LogP contribution is -2.49. The Hall–Kier alpha value is -0.540. The third-order valence-electron chi connectivity index (χ3n) is 3.26. The van der Waals surface area contributed by atoms with Gasteiger partial charge in [-0.15, -0.1) is 0 Å². The van der Waals surface area contributed by atoms with Crippen LogP contribution in [0.2, 0.25) is 0 Å². The third kappa shape index (κ3) is 3.37. The summed E-state index contributed by atoms with van der Waals surface area (Å²) in [4.78, 5) is 1.68. The lowest BCUT2D eigenvalue weighted by atomic mass is 10.3. The highest BCUT2D eigenvalue weighted by atomic mass is 79.9. The van der Waals surface area contributed by atoms with Gasteiger partial charge in [0, 0.05) is 37.2 Å². The molecule has 0 bridgehead atoms. The highest BCUT2D eigenvalue weighted by molar-refractivity contribution is 9.10. The first-order valence-corrected chi connectivity index (χ1v) is 8.47. The zero-order valence-electron chi connectivity index (χ0n) is 10.8. The molecule has 0 atom stereocenters. The van der Waals surface area contributed by atoms with Gasteiger partial charge in [0.2, 0.25) is 10.0 Å². The molecule has 1 fully saturated rings. The van der Waals surface area contributed by atoms with Gasteiger partial charge in [0.25, 0.3) is 0 Å². The molecule has 5 nitrogen and oxygen atoms in total. The van der Waals surface area contributed by atoms with Gasteiger partial charge < -0.3 is 5.11 Å². The van der Waals surface area contributed by atoms with Crippen molar-refractivity contribution in [3.8, 4) is 0 Å².